The summed E-state index contributed by atoms with van der Waals surface area (Å²) in [4.78, 5) is 12.1. The van der Waals surface area contributed by atoms with Crippen LogP contribution in [0.25, 0.3) is 0 Å². The van der Waals surface area contributed by atoms with Gasteiger partial charge in [-0.1, -0.05) is 30.8 Å². The van der Waals surface area contributed by atoms with Gasteiger partial charge in [0.2, 0.25) is 5.91 Å². The van der Waals surface area contributed by atoms with E-state index in [2.05, 4.69) is 34.6 Å². The molecule has 1 aromatic carbocycles. The zero-order chi connectivity index (χ0) is 19.8. The Balaban J connectivity index is 1.48. The van der Waals surface area contributed by atoms with Gasteiger partial charge in [0, 0.05) is 19.7 Å². The number of aryl methyl sites for hydroxylation is 1. The Kier molecular flexibility index (Phi) is 7.73. The maximum atomic E-state index is 12.1. The van der Waals surface area contributed by atoms with Gasteiger partial charge in [-0.15, -0.1) is 10.2 Å². The van der Waals surface area contributed by atoms with Crippen molar-refractivity contribution >= 4 is 17.7 Å². The van der Waals surface area contributed by atoms with Crippen LogP contribution in [0.1, 0.15) is 38.1 Å². The summed E-state index contributed by atoms with van der Waals surface area (Å²) in [5.41, 5.74) is 1.28. The number of benzene rings is 1. The van der Waals surface area contributed by atoms with Crippen molar-refractivity contribution in [3.05, 3.63) is 35.7 Å². The monoisotopic (exact) mass is 404 g/mol. The van der Waals surface area contributed by atoms with Crippen molar-refractivity contribution in [2.24, 2.45) is 0 Å². The van der Waals surface area contributed by atoms with E-state index in [0.29, 0.717) is 18.9 Å². The van der Waals surface area contributed by atoms with Gasteiger partial charge in [-0.05, 0) is 43.9 Å². The van der Waals surface area contributed by atoms with Crippen LogP contribution in [0.3, 0.4) is 0 Å². The molecule has 1 aliphatic rings. The molecule has 1 aliphatic heterocycles. The lowest BCUT2D eigenvalue weighted by molar-refractivity contribution is -0.119. The Morgan fingerprint density at radius 2 is 2.14 bits per heavy atom. The molecule has 1 atom stereocenters. The number of nitrogens with zero attached hydrogens (tertiary/aromatic N) is 3. The first-order chi connectivity index (χ1) is 13.7. The van der Waals surface area contributed by atoms with Crippen LogP contribution in [-0.4, -0.2) is 45.7 Å². The molecular formula is C20H28N4O3S. The maximum Gasteiger partial charge on any atom is 0.230 e. The summed E-state index contributed by atoms with van der Waals surface area (Å²) in [6.07, 6.45) is 3.25. The molecule has 2 aromatic rings. The van der Waals surface area contributed by atoms with Crippen LogP contribution in [0, 0.1) is 0 Å². The number of rotatable bonds is 10. The van der Waals surface area contributed by atoms with Gasteiger partial charge in [0.1, 0.15) is 12.4 Å². The zero-order valence-corrected chi connectivity index (χ0v) is 17.3. The quantitative estimate of drug-likeness (QED) is 0.614. The molecule has 0 unspecified atom stereocenters. The summed E-state index contributed by atoms with van der Waals surface area (Å²) >= 11 is 1.39. The second-order valence-electron chi connectivity index (χ2n) is 6.66. The van der Waals surface area contributed by atoms with Crippen molar-refractivity contribution in [2.45, 2.75) is 57.5 Å². The van der Waals surface area contributed by atoms with Crippen molar-refractivity contribution < 1.29 is 14.3 Å². The third-order valence-corrected chi connectivity index (χ3v) is 5.66. The second kappa shape index (κ2) is 10.5. The average Bonchev–Trinajstić information content (AvgIpc) is 3.38. The van der Waals surface area contributed by atoms with Crippen LogP contribution in [0.4, 0.5) is 0 Å². The van der Waals surface area contributed by atoms with Gasteiger partial charge in [0.25, 0.3) is 0 Å². The SMILES string of the molecule is CCc1ccc(OCc2nnc(SCC(=O)NC[C@H]3CCCO3)n2CC)cc1. The number of thioether (sulfide) groups is 1. The lowest BCUT2D eigenvalue weighted by Crippen LogP contribution is -2.32. The minimum atomic E-state index is -0.0139. The van der Waals surface area contributed by atoms with Crippen molar-refractivity contribution in [3.63, 3.8) is 0 Å². The average molecular weight is 405 g/mol. The molecule has 1 aromatic heterocycles. The number of nitrogens with one attached hydrogen (secondary N) is 1. The van der Waals surface area contributed by atoms with E-state index in [0.717, 1.165) is 49.1 Å². The van der Waals surface area contributed by atoms with E-state index >= 15 is 0 Å². The van der Waals surface area contributed by atoms with Crippen molar-refractivity contribution in [3.8, 4) is 5.75 Å². The van der Waals surface area contributed by atoms with Crippen LogP contribution in [-0.2, 0) is 29.1 Å². The third-order valence-electron chi connectivity index (χ3n) is 4.69. The molecule has 8 heteroatoms. The zero-order valence-electron chi connectivity index (χ0n) is 16.5. The van der Waals surface area contributed by atoms with E-state index in [-0.39, 0.29) is 12.0 Å². The van der Waals surface area contributed by atoms with Crippen molar-refractivity contribution in [1.29, 1.82) is 0 Å². The molecule has 0 radical (unpaired) electrons. The van der Waals surface area contributed by atoms with E-state index in [1.807, 2.05) is 23.6 Å². The largest absolute Gasteiger partial charge is 0.486 e. The fraction of sp³-hybridized carbons (Fsp3) is 0.550. The first kappa shape index (κ1) is 20.7. The van der Waals surface area contributed by atoms with E-state index < -0.39 is 0 Å². The van der Waals surface area contributed by atoms with E-state index in [4.69, 9.17) is 9.47 Å². The lowest BCUT2D eigenvalue weighted by atomic mass is 10.2. The minimum Gasteiger partial charge on any atom is -0.486 e. The first-order valence-electron chi connectivity index (χ1n) is 9.84. The van der Waals surface area contributed by atoms with Gasteiger partial charge in [-0.2, -0.15) is 0 Å². The maximum absolute atomic E-state index is 12.1. The Morgan fingerprint density at radius 1 is 1.32 bits per heavy atom. The van der Waals surface area contributed by atoms with Crippen molar-refractivity contribution in [2.75, 3.05) is 18.9 Å². The Labute approximate surface area is 170 Å². The molecule has 0 bridgehead atoms. The minimum absolute atomic E-state index is 0.0139. The van der Waals surface area contributed by atoms with Crippen LogP contribution >= 0.6 is 11.8 Å². The van der Waals surface area contributed by atoms with Crippen molar-refractivity contribution in [1.82, 2.24) is 20.1 Å². The first-order valence-corrected chi connectivity index (χ1v) is 10.8. The van der Waals surface area contributed by atoms with Gasteiger partial charge >= 0.3 is 0 Å². The predicted molar refractivity (Wildman–Crippen MR) is 109 cm³/mol. The fourth-order valence-electron chi connectivity index (χ4n) is 3.03. The number of carbonyl (C=O) groups excluding carboxylic acids is 1. The number of aromatic nitrogens is 3. The van der Waals surface area contributed by atoms with Crippen LogP contribution in [0.15, 0.2) is 29.4 Å². The van der Waals surface area contributed by atoms with E-state index in [1.165, 1.54) is 17.3 Å². The molecule has 3 rings (SSSR count). The molecule has 1 N–H and O–H groups in total. The fourth-order valence-corrected chi connectivity index (χ4v) is 3.88. The summed E-state index contributed by atoms with van der Waals surface area (Å²) in [7, 11) is 0. The van der Waals surface area contributed by atoms with Gasteiger partial charge < -0.3 is 19.4 Å². The summed E-state index contributed by atoms with van der Waals surface area (Å²) in [6, 6.07) is 8.08. The molecule has 1 amide bonds. The topological polar surface area (TPSA) is 78.3 Å². The smallest absolute Gasteiger partial charge is 0.230 e. The van der Waals surface area contributed by atoms with Gasteiger partial charge in [-0.25, -0.2) is 0 Å². The standard InChI is InChI=1S/C20H28N4O3S/c1-3-15-7-9-16(10-8-15)27-13-18-22-23-20(24(18)4-2)28-14-19(25)21-12-17-6-5-11-26-17/h7-10,17H,3-6,11-14H2,1-2H3,(H,21,25)/t17-/m1/s1. The summed E-state index contributed by atoms with van der Waals surface area (Å²) < 4.78 is 13.3. The number of amides is 1. The molecule has 0 spiro atoms. The third kappa shape index (κ3) is 5.72. The van der Waals surface area contributed by atoms with Crippen LogP contribution in [0.5, 0.6) is 5.75 Å². The highest BCUT2D eigenvalue weighted by atomic mass is 32.2. The molecule has 1 fully saturated rings. The number of ether oxygens (including phenoxy) is 2. The molecule has 2 heterocycles. The van der Waals surface area contributed by atoms with Gasteiger partial charge in [0.05, 0.1) is 11.9 Å². The summed E-state index contributed by atoms with van der Waals surface area (Å²) in [6.45, 7) is 6.60. The van der Waals surface area contributed by atoms with Crippen LogP contribution in [0.2, 0.25) is 0 Å². The Hall–Kier alpha value is -2.06. The van der Waals surface area contributed by atoms with Gasteiger partial charge in [-0.3, -0.25) is 4.79 Å². The second-order valence-corrected chi connectivity index (χ2v) is 7.60. The van der Waals surface area contributed by atoms with Crippen LogP contribution < -0.4 is 10.1 Å². The molecular weight excluding hydrogens is 376 g/mol. The Bertz CT molecular complexity index is 757. The highest BCUT2D eigenvalue weighted by molar-refractivity contribution is 7.99. The van der Waals surface area contributed by atoms with Gasteiger partial charge in [0.15, 0.2) is 11.0 Å². The Morgan fingerprint density at radius 3 is 2.82 bits per heavy atom. The predicted octanol–water partition coefficient (Wildman–Crippen LogP) is 2.83. The lowest BCUT2D eigenvalue weighted by Gasteiger charge is -2.11. The summed E-state index contributed by atoms with van der Waals surface area (Å²) in [5, 5.41) is 12.1. The number of hydrogen-bond donors (Lipinski definition) is 1. The molecule has 0 aliphatic carbocycles. The normalized spacial score (nSPS) is 16.3. The molecule has 1 saturated heterocycles. The van der Waals surface area contributed by atoms with E-state index in [1.54, 1.807) is 0 Å². The molecule has 152 valence electrons. The molecule has 28 heavy (non-hydrogen) atoms. The highest BCUT2D eigenvalue weighted by Crippen LogP contribution is 2.19. The number of hydrogen-bond acceptors (Lipinski definition) is 6. The molecule has 0 saturated carbocycles. The highest BCUT2D eigenvalue weighted by Gasteiger charge is 2.17. The number of carbonyl (C=O) groups is 1. The molecule has 7 nitrogen and oxygen atoms in total. The van der Waals surface area contributed by atoms with E-state index in [9.17, 15) is 4.79 Å². The summed E-state index contributed by atoms with van der Waals surface area (Å²) in [5.74, 6) is 1.86.